The van der Waals surface area contributed by atoms with Gasteiger partial charge in [-0.05, 0) is 30.5 Å². The van der Waals surface area contributed by atoms with Crippen molar-refractivity contribution in [3.05, 3.63) is 29.3 Å². The Bertz CT molecular complexity index is 520. The minimum atomic E-state index is -2.79. The minimum Gasteiger partial charge on any atom is -0.496 e. The zero-order valence-electron chi connectivity index (χ0n) is 12.2. The number of rotatable bonds is 5. The van der Waals surface area contributed by atoms with E-state index in [1.807, 2.05) is 25.1 Å². The average molecular weight is 298 g/mol. The number of methoxy groups -OCH3 is 1. The van der Waals surface area contributed by atoms with Crippen LogP contribution in [0.15, 0.2) is 18.2 Å². The molecule has 1 amide bonds. The van der Waals surface area contributed by atoms with Crippen LogP contribution in [0.3, 0.4) is 0 Å². The Labute approximate surface area is 122 Å². The summed E-state index contributed by atoms with van der Waals surface area (Å²) < 4.78 is 31.3. The van der Waals surface area contributed by atoms with Crippen LogP contribution in [0.5, 0.6) is 5.75 Å². The Balaban J connectivity index is 1.80. The third-order valence-corrected chi connectivity index (χ3v) is 3.61. The smallest absolute Gasteiger partial charge is 0.262 e. The number of alkyl halides is 2. The predicted molar refractivity (Wildman–Crippen MR) is 75.8 cm³/mol. The molecule has 1 atom stereocenters. The minimum absolute atomic E-state index is 0.369. The lowest BCUT2D eigenvalue weighted by Crippen LogP contribution is -2.41. The molecule has 0 saturated carbocycles. The number of halogens is 2. The van der Waals surface area contributed by atoms with Crippen molar-refractivity contribution in [2.75, 3.05) is 20.2 Å². The van der Waals surface area contributed by atoms with Crippen LogP contribution >= 0.6 is 0 Å². The molecule has 1 aliphatic rings. The summed E-state index contributed by atoms with van der Waals surface area (Å²) in [6.07, 6.45) is 0.197. The fourth-order valence-electron chi connectivity index (χ4n) is 2.37. The van der Waals surface area contributed by atoms with E-state index in [2.05, 4.69) is 10.6 Å². The molecule has 1 aromatic rings. The summed E-state index contributed by atoms with van der Waals surface area (Å²) >= 11 is 0. The van der Waals surface area contributed by atoms with E-state index in [1.54, 1.807) is 7.11 Å². The highest BCUT2D eigenvalue weighted by molar-refractivity contribution is 5.82. The Morgan fingerprint density at radius 1 is 1.52 bits per heavy atom. The van der Waals surface area contributed by atoms with E-state index in [1.165, 1.54) is 0 Å². The Morgan fingerprint density at radius 3 is 2.90 bits per heavy atom. The molecule has 0 spiro atoms. The summed E-state index contributed by atoms with van der Waals surface area (Å²) in [7, 11) is 1.61. The summed E-state index contributed by atoms with van der Waals surface area (Å²) in [6.45, 7) is 1.94. The molecular formula is C15H20F2N2O2. The number of ether oxygens (including phenoxy) is 1. The summed E-state index contributed by atoms with van der Waals surface area (Å²) in [5.74, 6) is -2.35. The molecular weight excluding hydrogens is 278 g/mol. The Kier molecular flexibility index (Phi) is 4.77. The second kappa shape index (κ2) is 6.39. The lowest BCUT2D eigenvalue weighted by molar-refractivity contribution is -0.123. The number of carbonyl (C=O) groups is 1. The third-order valence-electron chi connectivity index (χ3n) is 3.61. The zero-order chi connectivity index (χ0) is 15.5. The van der Waals surface area contributed by atoms with Crippen molar-refractivity contribution in [2.24, 2.45) is 0 Å². The first-order valence-electron chi connectivity index (χ1n) is 6.94. The van der Waals surface area contributed by atoms with Crippen LogP contribution in [0.2, 0.25) is 0 Å². The quantitative estimate of drug-likeness (QED) is 0.869. The van der Waals surface area contributed by atoms with Gasteiger partial charge in [-0.3, -0.25) is 10.1 Å². The highest BCUT2D eigenvalue weighted by Gasteiger charge is 2.42. The molecule has 2 rings (SSSR count). The van der Waals surface area contributed by atoms with Gasteiger partial charge in [0.1, 0.15) is 5.75 Å². The first-order valence-corrected chi connectivity index (χ1v) is 6.94. The van der Waals surface area contributed by atoms with Gasteiger partial charge in [-0.25, -0.2) is 8.78 Å². The highest BCUT2D eigenvalue weighted by Crippen LogP contribution is 2.25. The van der Waals surface area contributed by atoms with Crippen LogP contribution in [-0.2, 0) is 11.2 Å². The molecule has 1 fully saturated rings. The van der Waals surface area contributed by atoms with Gasteiger partial charge in [0, 0.05) is 13.0 Å². The third kappa shape index (κ3) is 4.14. The van der Waals surface area contributed by atoms with Crippen LogP contribution in [0.25, 0.3) is 0 Å². The van der Waals surface area contributed by atoms with E-state index in [-0.39, 0.29) is 5.91 Å². The Hall–Kier alpha value is -1.69. The average Bonchev–Trinajstić information content (AvgIpc) is 2.81. The molecule has 21 heavy (non-hydrogen) atoms. The number of hydrogen-bond acceptors (Lipinski definition) is 3. The number of hydrogen-bond donors (Lipinski definition) is 2. The van der Waals surface area contributed by atoms with Crippen molar-refractivity contribution in [3.63, 3.8) is 0 Å². The van der Waals surface area contributed by atoms with Crippen LogP contribution in [-0.4, -0.2) is 38.1 Å². The summed E-state index contributed by atoms with van der Waals surface area (Å²) in [5.41, 5.74) is 2.07. The number of amides is 1. The van der Waals surface area contributed by atoms with Crippen LogP contribution in [0.1, 0.15) is 17.5 Å². The van der Waals surface area contributed by atoms with E-state index in [9.17, 15) is 13.6 Å². The van der Waals surface area contributed by atoms with Gasteiger partial charge < -0.3 is 10.1 Å². The van der Waals surface area contributed by atoms with E-state index in [4.69, 9.17) is 4.74 Å². The maximum atomic E-state index is 13.0. The lowest BCUT2D eigenvalue weighted by atomic mass is 10.1. The van der Waals surface area contributed by atoms with Gasteiger partial charge in [0.05, 0.1) is 19.7 Å². The van der Waals surface area contributed by atoms with Crippen LogP contribution in [0.4, 0.5) is 8.78 Å². The first kappa shape index (κ1) is 15.7. The number of aryl methyl sites for hydroxylation is 1. The van der Waals surface area contributed by atoms with Crippen molar-refractivity contribution in [2.45, 2.75) is 31.7 Å². The molecule has 0 aliphatic carbocycles. The summed E-state index contributed by atoms with van der Waals surface area (Å²) in [5, 5.41) is 5.23. The molecule has 0 bridgehead atoms. The van der Waals surface area contributed by atoms with Gasteiger partial charge >= 0.3 is 0 Å². The van der Waals surface area contributed by atoms with Crippen molar-refractivity contribution in [1.82, 2.24) is 10.6 Å². The predicted octanol–water partition coefficient (Wildman–Crippen LogP) is 1.66. The standard InChI is InChI=1S/C15H20F2N2O2/c1-10-3-4-11(7-13(10)21-2)5-6-18-14(20)12-8-15(16,17)9-19-12/h3-4,7,12,19H,5-6,8-9H2,1-2H3,(H,18,20). The molecule has 1 aromatic carbocycles. The first-order chi connectivity index (χ1) is 9.91. The van der Waals surface area contributed by atoms with E-state index < -0.39 is 24.9 Å². The zero-order valence-corrected chi connectivity index (χ0v) is 12.2. The van der Waals surface area contributed by atoms with Crippen molar-refractivity contribution in [3.8, 4) is 5.75 Å². The van der Waals surface area contributed by atoms with Crippen molar-refractivity contribution >= 4 is 5.91 Å². The molecule has 116 valence electrons. The molecule has 1 aliphatic heterocycles. The molecule has 1 heterocycles. The molecule has 4 nitrogen and oxygen atoms in total. The van der Waals surface area contributed by atoms with Gasteiger partial charge in [-0.15, -0.1) is 0 Å². The maximum absolute atomic E-state index is 13.0. The molecule has 1 unspecified atom stereocenters. The topological polar surface area (TPSA) is 50.4 Å². The summed E-state index contributed by atoms with van der Waals surface area (Å²) in [6, 6.07) is 5.04. The molecule has 0 aromatic heterocycles. The van der Waals surface area contributed by atoms with Crippen LogP contribution < -0.4 is 15.4 Å². The Morgan fingerprint density at radius 2 is 2.29 bits per heavy atom. The second-order valence-electron chi connectivity index (χ2n) is 5.34. The van der Waals surface area contributed by atoms with Crippen molar-refractivity contribution in [1.29, 1.82) is 0 Å². The van der Waals surface area contributed by atoms with Gasteiger partial charge in [-0.2, -0.15) is 0 Å². The van der Waals surface area contributed by atoms with Gasteiger partial charge in [0.2, 0.25) is 5.91 Å². The van der Waals surface area contributed by atoms with Gasteiger partial charge in [0.25, 0.3) is 5.92 Å². The van der Waals surface area contributed by atoms with E-state index in [0.29, 0.717) is 13.0 Å². The van der Waals surface area contributed by atoms with E-state index in [0.717, 1.165) is 16.9 Å². The lowest BCUT2D eigenvalue weighted by Gasteiger charge is -2.12. The van der Waals surface area contributed by atoms with Crippen molar-refractivity contribution < 1.29 is 18.3 Å². The van der Waals surface area contributed by atoms with Gasteiger partial charge in [-0.1, -0.05) is 12.1 Å². The number of carbonyl (C=O) groups excluding carboxylic acids is 1. The van der Waals surface area contributed by atoms with Gasteiger partial charge in [0.15, 0.2) is 0 Å². The number of nitrogens with one attached hydrogen (secondary N) is 2. The SMILES string of the molecule is COc1cc(CCNC(=O)C2CC(F)(F)CN2)ccc1C. The molecule has 1 saturated heterocycles. The second-order valence-corrected chi connectivity index (χ2v) is 5.34. The molecule has 6 heteroatoms. The van der Waals surface area contributed by atoms with Crippen LogP contribution in [0, 0.1) is 6.92 Å². The molecule has 2 N–H and O–H groups in total. The largest absolute Gasteiger partial charge is 0.496 e. The van der Waals surface area contributed by atoms with E-state index >= 15 is 0 Å². The molecule has 0 radical (unpaired) electrons. The number of benzene rings is 1. The maximum Gasteiger partial charge on any atom is 0.262 e. The highest BCUT2D eigenvalue weighted by atomic mass is 19.3. The monoisotopic (exact) mass is 298 g/mol. The summed E-state index contributed by atoms with van der Waals surface area (Å²) in [4.78, 5) is 11.8. The fraction of sp³-hybridized carbons (Fsp3) is 0.533. The normalized spacial score (nSPS) is 20.3. The fourth-order valence-corrected chi connectivity index (χ4v) is 2.37.